The molecule has 1 rings (SSSR count). The predicted molar refractivity (Wildman–Crippen MR) is 77.1 cm³/mol. The van der Waals surface area contributed by atoms with E-state index >= 15 is 0 Å². The topological polar surface area (TPSA) is 90.7 Å². The van der Waals surface area contributed by atoms with Gasteiger partial charge in [-0.05, 0) is 19.8 Å². The normalized spacial score (nSPS) is 26.4. The van der Waals surface area contributed by atoms with Gasteiger partial charge in [-0.3, -0.25) is 14.9 Å². The second-order valence-electron chi connectivity index (χ2n) is 5.15. The minimum absolute atomic E-state index is 0.0136. The van der Waals surface area contributed by atoms with Crippen LogP contribution in [0.15, 0.2) is 11.3 Å². The minimum atomic E-state index is -0.698. The Hall–Kier alpha value is -1.47. The van der Waals surface area contributed by atoms with Gasteiger partial charge in [0, 0.05) is 25.5 Å². The lowest BCUT2D eigenvalue weighted by Gasteiger charge is -2.22. The lowest BCUT2D eigenvalue weighted by molar-refractivity contribution is -0.431. The van der Waals surface area contributed by atoms with Crippen molar-refractivity contribution in [3.63, 3.8) is 0 Å². The third kappa shape index (κ3) is 4.78. The van der Waals surface area contributed by atoms with Gasteiger partial charge < -0.3 is 14.8 Å². The van der Waals surface area contributed by atoms with Gasteiger partial charge in [0.25, 0.3) is 5.70 Å². The second kappa shape index (κ2) is 8.09. The summed E-state index contributed by atoms with van der Waals surface area (Å²) in [6.07, 6.45) is 0.756. The van der Waals surface area contributed by atoms with Gasteiger partial charge in [-0.25, -0.2) is 0 Å². The first-order chi connectivity index (χ1) is 9.90. The lowest BCUT2D eigenvalue weighted by atomic mass is 10.0. The Kier molecular flexibility index (Phi) is 6.77. The van der Waals surface area contributed by atoms with E-state index in [0.717, 1.165) is 6.42 Å². The molecule has 0 saturated carbocycles. The standard InChI is InChI=1S/C14H24N2O5/c1-5-7-20-13-8-11(15-10(4)17)14(16(18)19)9(3)12(6-2)21-13/h11-13H,5-8H2,1-4H3,(H,15,17)/t11?,12?,13-/m1/s1. The molecule has 3 atom stereocenters. The number of nitro groups is 1. The Bertz CT molecular complexity index is 422. The highest BCUT2D eigenvalue weighted by Gasteiger charge is 2.38. The monoisotopic (exact) mass is 300 g/mol. The van der Waals surface area contributed by atoms with Gasteiger partial charge in [0.2, 0.25) is 5.91 Å². The maximum Gasteiger partial charge on any atom is 0.270 e. The summed E-state index contributed by atoms with van der Waals surface area (Å²) in [6, 6.07) is -0.698. The highest BCUT2D eigenvalue weighted by Crippen LogP contribution is 2.27. The number of rotatable bonds is 6. The largest absolute Gasteiger partial charge is 0.353 e. The lowest BCUT2D eigenvalue weighted by Crippen LogP contribution is -2.39. The van der Waals surface area contributed by atoms with E-state index in [4.69, 9.17) is 9.47 Å². The van der Waals surface area contributed by atoms with Crippen LogP contribution in [0.3, 0.4) is 0 Å². The molecular formula is C14H24N2O5. The molecule has 0 radical (unpaired) electrons. The fourth-order valence-electron chi connectivity index (χ4n) is 2.49. The summed E-state index contributed by atoms with van der Waals surface area (Å²) in [5, 5.41) is 14.0. The molecule has 1 heterocycles. The molecule has 2 unspecified atom stereocenters. The Balaban J connectivity index is 3.09. The molecule has 0 aromatic carbocycles. The van der Waals surface area contributed by atoms with E-state index in [1.54, 1.807) is 6.92 Å². The number of carbonyl (C=O) groups is 1. The number of ether oxygens (including phenoxy) is 2. The average Bonchev–Trinajstić information content (AvgIpc) is 2.52. The molecule has 0 aliphatic carbocycles. The Morgan fingerprint density at radius 2 is 2.19 bits per heavy atom. The van der Waals surface area contributed by atoms with Gasteiger partial charge in [0.05, 0.1) is 11.0 Å². The Labute approximate surface area is 124 Å². The first kappa shape index (κ1) is 17.6. The zero-order valence-electron chi connectivity index (χ0n) is 13.0. The van der Waals surface area contributed by atoms with Gasteiger partial charge >= 0.3 is 0 Å². The van der Waals surface area contributed by atoms with Gasteiger partial charge in [0.1, 0.15) is 6.04 Å². The van der Waals surface area contributed by atoms with Crippen molar-refractivity contribution in [3.05, 3.63) is 21.4 Å². The van der Waals surface area contributed by atoms with E-state index in [2.05, 4.69) is 5.32 Å². The van der Waals surface area contributed by atoms with E-state index < -0.39 is 17.3 Å². The maximum absolute atomic E-state index is 11.4. The average molecular weight is 300 g/mol. The molecule has 0 saturated heterocycles. The van der Waals surface area contributed by atoms with Crippen molar-refractivity contribution in [3.8, 4) is 0 Å². The fraction of sp³-hybridized carbons (Fsp3) is 0.786. The zero-order chi connectivity index (χ0) is 16.0. The van der Waals surface area contributed by atoms with Crippen LogP contribution in [0.2, 0.25) is 0 Å². The van der Waals surface area contributed by atoms with Crippen LogP contribution in [0.4, 0.5) is 0 Å². The molecule has 0 aromatic heterocycles. The van der Waals surface area contributed by atoms with E-state index in [-0.39, 0.29) is 24.1 Å². The van der Waals surface area contributed by atoms with Crippen LogP contribution >= 0.6 is 0 Å². The highest BCUT2D eigenvalue weighted by atomic mass is 16.7. The molecule has 0 fully saturated rings. The molecule has 120 valence electrons. The summed E-state index contributed by atoms with van der Waals surface area (Å²) < 4.78 is 11.4. The first-order valence-electron chi connectivity index (χ1n) is 7.29. The minimum Gasteiger partial charge on any atom is -0.353 e. The molecule has 0 bridgehead atoms. The van der Waals surface area contributed by atoms with E-state index in [9.17, 15) is 14.9 Å². The summed E-state index contributed by atoms with van der Waals surface area (Å²) in [6.45, 7) is 7.43. The highest BCUT2D eigenvalue weighted by molar-refractivity contribution is 5.73. The van der Waals surface area contributed by atoms with Gasteiger partial charge in [-0.2, -0.15) is 0 Å². The summed E-state index contributed by atoms with van der Waals surface area (Å²) in [4.78, 5) is 22.3. The molecule has 1 amide bonds. The van der Waals surface area contributed by atoms with E-state index in [0.29, 0.717) is 18.6 Å². The number of hydrogen-bond donors (Lipinski definition) is 1. The molecule has 1 N–H and O–H groups in total. The van der Waals surface area contributed by atoms with E-state index in [1.165, 1.54) is 6.92 Å². The number of nitrogens with one attached hydrogen (secondary N) is 1. The summed E-state index contributed by atoms with van der Waals surface area (Å²) in [5.74, 6) is -0.309. The first-order valence-corrected chi connectivity index (χ1v) is 7.29. The van der Waals surface area contributed by atoms with Crippen molar-refractivity contribution < 1.29 is 19.2 Å². The van der Waals surface area contributed by atoms with E-state index in [1.807, 2.05) is 13.8 Å². The number of hydrogen-bond acceptors (Lipinski definition) is 5. The van der Waals surface area contributed by atoms with Crippen molar-refractivity contribution in [2.75, 3.05) is 6.61 Å². The van der Waals surface area contributed by atoms with Crippen LogP contribution in [0.25, 0.3) is 0 Å². The molecule has 1 aliphatic heterocycles. The van der Waals surface area contributed by atoms with Crippen LogP contribution in [-0.2, 0) is 14.3 Å². The molecule has 1 aliphatic rings. The number of nitrogens with zero attached hydrogens (tertiary/aromatic N) is 1. The van der Waals surface area contributed by atoms with Crippen LogP contribution in [0.1, 0.15) is 47.0 Å². The van der Waals surface area contributed by atoms with Crippen LogP contribution in [-0.4, -0.2) is 35.9 Å². The maximum atomic E-state index is 11.4. The molecule has 0 spiro atoms. The summed E-state index contributed by atoms with van der Waals surface area (Å²) in [5.41, 5.74) is 0.559. The van der Waals surface area contributed by atoms with Gasteiger partial charge in [-0.1, -0.05) is 13.8 Å². The number of amides is 1. The summed E-state index contributed by atoms with van der Waals surface area (Å²) in [7, 11) is 0. The van der Waals surface area contributed by atoms with Gasteiger partial charge in [-0.15, -0.1) is 0 Å². The Morgan fingerprint density at radius 1 is 1.52 bits per heavy atom. The molecular weight excluding hydrogens is 276 g/mol. The number of carbonyl (C=O) groups excluding carboxylic acids is 1. The van der Waals surface area contributed by atoms with Crippen LogP contribution < -0.4 is 5.32 Å². The third-order valence-electron chi connectivity index (χ3n) is 3.41. The quantitative estimate of drug-likeness (QED) is 0.598. The van der Waals surface area contributed by atoms with Crippen molar-refractivity contribution in [2.45, 2.75) is 65.4 Å². The fourth-order valence-corrected chi connectivity index (χ4v) is 2.49. The predicted octanol–water partition coefficient (Wildman–Crippen LogP) is 1.99. The van der Waals surface area contributed by atoms with Gasteiger partial charge in [0.15, 0.2) is 6.29 Å². The van der Waals surface area contributed by atoms with Crippen molar-refractivity contribution >= 4 is 5.91 Å². The van der Waals surface area contributed by atoms with Crippen LogP contribution in [0.5, 0.6) is 0 Å². The van der Waals surface area contributed by atoms with Crippen molar-refractivity contribution in [1.29, 1.82) is 0 Å². The second-order valence-corrected chi connectivity index (χ2v) is 5.15. The Morgan fingerprint density at radius 3 is 2.67 bits per heavy atom. The summed E-state index contributed by atoms with van der Waals surface area (Å²) >= 11 is 0. The molecule has 7 nitrogen and oxygen atoms in total. The third-order valence-corrected chi connectivity index (χ3v) is 3.41. The zero-order valence-corrected chi connectivity index (χ0v) is 13.0. The van der Waals surface area contributed by atoms with Crippen LogP contribution in [0, 0.1) is 10.1 Å². The smallest absolute Gasteiger partial charge is 0.270 e. The molecule has 0 aromatic rings. The van der Waals surface area contributed by atoms with Crippen molar-refractivity contribution in [2.24, 2.45) is 0 Å². The SMILES string of the molecule is CCCO[C@H]1CC(NC(C)=O)C([N+](=O)[O-])=C(C)C(CC)O1. The molecule has 7 heteroatoms. The molecule has 21 heavy (non-hydrogen) atoms. The van der Waals surface area contributed by atoms with Crippen molar-refractivity contribution in [1.82, 2.24) is 5.32 Å².